The summed E-state index contributed by atoms with van der Waals surface area (Å²) in [5, 5.41) is 0. The molecular weight excluding hydrogens is 442 g/mol. The third-order valence-electron chi connectivity index (χ3n) is 10.5. The van der Waals surface area contributed by atoms with Crippen LogP contribution in [-0.4, -0.2) is 20.6 Å². The molecule has 2 heterocycles. The smallest absolute Gasteiger partial charge is 0.100 e. The first-order chi connectivity index (χ1) is 17.6. The van der Waals surface area contributed by atoms with Gasteiger partial charge in [-0.3, -0.25) is 4.98 Å². The highest BCUT2D eigenvalue weighted by Crippen LogP contribution is 2.66. The van der Waals surface area contributed by atoms with Crippen LogP contribution < -0.4 is 0 Å². The first kappa shape index (κ1) is 22.5. The quantitative estimate of drug-likeness (QED) is 0.365. The molecule has 0 radical (unpaired) electrons. The minimum absolute atomic E-state index is 0.243. The number of allylic oxidation sites excluding steroid dienone is 3. The summed E-state index contributed by atoms with van der Waals surface area (Å²) in [4.78, 5) is 8.85. The second-order valence-corrected chi connectivity index (χ2v) is 12.2. The molecule has 2 saturated carbocycles. The van der Waals surface area contributed by atoms with E-state index in [0.717, 1.165) is 29.7 Å². The van der Waals surface area contributed by atoms with Crippen molar-refractivity contribution in [3.63, 3.8) is 0 Å². The van der Waals surface area contributed by atoms with Crippen LogP contribution in [0.1, 0.15) is 64.4 Å². The van der Waals surface area contributed by atoms with E-state index in [2.05, 4.69) is 78.3 Å². The average Bonchev–Trinajstić information content (AvgIpc) is 3.48. The van der Waals surface area contributed by atoms with Gasteiger partial charge >= 0.3 is 0 Å². The van der Waals surface area contributed by atoms with E-state index in [1.54, 1.807) is 5.57 Å². The van der Waals surface area contributed by atoms with Gasteiger partial charge in [0.15, 0.2) is 0 Å². The predicted octanol–water partition coefficient (Wildman–Crippen LogP) is 7.43. The van der Waals surface area contributed by atoms with Gasteiger partial charge in [-0.2, -0.15) is 0 Å². The predicted molar refractivity (Wildman–Crippen MR) is 144 cm³/mol. The van der Waals surface area contributed by atoms with Gasteiger partial charge in [-0.15, -0.1) is 0 Å². The van der Waals surface area contributed by atoms with Gasteiger partial charge in [0.1, 0.15) is 6.33 Å². The summed E-state index contributed by atoms with van der Waals surface area (Å²) in [5.41, 5.74) is 7.32. The Morgan fingerprint density at radius 2 is 1.81 bits per heavy atom. The van der Waals surface area contributed by atoms with E-state index in [1.807, 2.05) is 12.4 Å². The summed E-state index contributed by atoms with van der Waals surface area (Å²) >= 11 is 0. The maximum atomic E-state index is 6.35. The van der Waals surface area contributed by atoms with Gasteiger partial charge < -0.3 is 9.30 Å². The molecule has 2 fully saturated rings. The fourth-order valence-corrected chi connectivity index (χ4v) is 8.58. The minimum atomic E-state index is 0.243. The summed E-state index contributed by atoms with van der Waals surface area (Å²) in [5.74, 6) is 2.35. The third kappa shape index (κ3) is 3.37. The molecule has 1 aromatic carbocycles. The summed E-state index contributed by atoms with van der Waals surface area (Å²) in [6.45, 7) is 5.82. The number of benzene rings is 1. The third-order valence-corrected chi connectivity index (χ3v) is 10.5. The van der Waals surface area contributed by atoms with E-state index < -0.39 is 0 Å². The zero-order valence-corrected chi connectivity index (χ0v) is 21.6. The highest BCUT2D eigenvalue weighted by Gasteiger charge is 2.57. The Hall–Kier alpha value is -2.72. The van der Waals surface area contributed by atoms with Gasteiger partial charge in [0.2, 0.25) is 0 Å². The van der Waals surface area contributed by atoms with Crippen molar-refractivity contribution in [1.82, 2.24) is 14.5 Å². The number of aromatic nitrogens is 3. The van der Waals surface area contributed by atoms with Crippen LogP contribution in [0.4, 0.5) is 0 Å². The number of ether oxygens (including phenoxy) is 1. The highest BCUT2D eigenvalue weighted by molar-refractivity contribution is 5.80. The van der Waals surface area contributed by atoms with E-state index in [9.17, 15) is 0 Å². The number of hydrogen-bond acceptors (Lipinski definition) is 3. The fourth-order valence-electron chi connectivity index (χ4n) is 8.58. The molecule has 5 unspecified atom stereocenters. The molecule has 4 aliphatic rings. The zero-order valence-electron chi connectivity index (χ0n) is 21.6. The lowest BCUT2D eigenvalue weighted by molar-refractivity contribution is -0.0366. The summed E-state index contributed by atoms with van der Waals surface area (Å²) in [6, 6.07) is 12.7. The van der Waals surface area contributed by atoms with Crippen molar-refractivity contribution in [3.05, 3.63) is 78.4 Å². The van der Waals surface area contributed by atoms with Gasteiger partial charge in [0.05, 0.1) is 23.7 Å². The minimum Gasteiger partial charge on any atom is -0.369 e. The van der Waals surface area contributed by atoms with Crippen LogP contribution >= 0.6 is 0 Å². The van der Waals surface area contributed by atoms with E-state index in [1.165, 1.54) is 55.3 Å². The molecule has 36 heavy (non-hydrogen) atoms. The zero-order chi connectivity index (χ0) is 24.3. The van der Waals surface area contributed by atoms with E-state index in [-0.39, 0.29) is 11.5 Å². The van der Waals surface area contributed by atoms with E-state index in [0.29, 0.717) is 12.0 Å². The molecule has 2 aromatic heterocycles. The van der Waals surface area contributed by atoms with Crippen molar-refractivity contribution in [2.45, 2.75) is 71.5 Å². The molecule has 186 valence electrons. The summed E-state index contributed by atoms with van der Waals surface area (Å²) < 4.78 is 8.75. The number of pyridine rings is 1. The van der Waals surface area contributed by atoms with Gasteiger partial charge in [-0.25, -0.2) is 4.98 Å². The van der Waals surface area contributed by atoms with Crippen LogP contribution in [0.2, 0.25) is 0 Å². The average molecular weight is 480 g/mol. The number of fused-ring (bicyclic) bond motifs is 6. The molecule has 4 aliphatic carbocycles. The van der Waals surface area contributed by atoms with Gasteiger partial charge in [0, 0.05) is 23.5 Å². The van der Waals surface area contributed by atoms with Crippen LogP contribution in [0.15, 0.2) is 72.8 Å². The second-order valence-electron chi connectivity index (χ2n) is 12.2. The maximum absolute atomic E-state index is 6.35. The lowest BCUT2D eigenvalue weighted by Gasteiger charge is -2.58. The molecule has 4 heteroatoms. The van der Waals surface area contributed by atoms with Gasteiger partial charge in [-0.05, 0) is 97.9 Å². The van der Waals surface area contributed by atoms with Crippen LogP contribution in [0.3, 0.4) is 0 Å². The van der Waals surface area contributed by atoms with Crippen molar-refractivity contribution in [2.24, 2.45) is 28.6 Å². The van der Waals surface area contributed by atoms with Gasteiger partial charge in [-0.1, -0.05) is 43.7 Å². The Bertz CT molecular complexity index is 1340. The SMILES string of the molecule is CC12CCC(OCc3ccncc3)C=C1CCC1C2CC[C@]2(C)C(n3cnc4ccccc43)=CCC12. The molecule has 7 rings (SSSR count). The van der Waals surface area contributed by atoms with Crippen LogP contribution in [-0.2, 0) is 11.3 Å². The lowest BCUT2D eigenvalue weighted by Crippen LogP contribution is -2.50. The topological polar surface area (TPSA) is 39.9 Å². The lowest BCUT2D eigenvalue weighted by atomic mass is 9.47. The largest absolute Gasteiger partial charge is 0.369 e. The first-order valence-electron chi connectivity index (χ1n) is 13.9. The monoisotopic (exact) mass is 479 g/mol. The number of para-hydroxylation sites is 2. The fraction of sp³-hybridized carbons (Fsp3) is 0.500. The Balaban J connectivity index is 1.11. The molecule has 6 atom stereocenters. The summed E-state index contributed by atoms with van der Waals surface area (Å²) in [6.07, 6.45) is 19.9. The van der Waals surface area contributed by atoms with Crippen molar-refractivity contribution in [1.29, 1.82) is 0 Å². The van der Waals surface area contributed by atoms with Crippen molar-refractivity contribution < 1.29 is 4.74 Å². The molecule has 0 saturated heterocycles. The maximum Gasteiger partial charge on any atom is 0.100 e. The Kier molecular flexibility index (Phi) is 5.25. The summed E-state index contributed by atoms with van der Waals surface area (Å²) in [7, 11) is 0. The number of rotatable bonds is 4. The Morgan fingerprint density at radius 3 is 2.69 bits per heavy atom. The normalized spacial score (nSPS) is 35.5. The molecule has 0 aliphatic heterocycles. The number of imidazole rings is 1. The van der Waals surface area contributed by atoms with E-state index in [4.69, 9.17) is 9.72 Å². The Labute approximate surface area is 214 Å². The molecule has 0 spiro atoms. The molecule has 3 aromatic rings. The number of nitrogens with zero attached hydrogens (tertiary/aromatic N) is 3. The molecular formula is C32H37N3O. The van der Waals surface area contributed by atoms with Gasteiger partial charge in [0.25, 0.3) is 0 Å². The second kappa shape index (κ2) is 8.41. The van der Waals surface area contributed by atoms with Crippen molar-refractivity contribution in [3.8, 4) is 0 Å². The molecule has 0 amide bonds. The standard InChI is InChI=1S/C32H37N3O/c1-31-15-11-24(36-20-22-13-17-33-18-14-22)19-23(31)7-8-25-26-9-10-30(32(26,2)16-12-27(25)31)35-21-34-28-5-3-4-6-29(28)35/h3-6,10,13-14,17-19,21,24-27H,7-9,11-12,15-16,20H2,1-2H3/t24?,25?,26?,27?,31?,32-/m0/s1. The molecule has 0 N–H and O–H groups in total. The van der Waals surface area contributed by atoms with E-state index >= 15 is 0 Å². The first-order valence-corrected chi connectivity index (χ1v) is 13.9. The Morgan fingerprint density at radius 1 is 0.972 bits per heavy atom. The van der Waals surface area contributed by atoms with Crippen LogP contribution in [0.5, 0.6) is 0 Å². The van der Waals surface area contributed by atoms with Crippen LogP contribution in [0.25, 0.3) is 16.7 Å². The molecule has 0 bridgehead atoms. The van der Waals surface area contributed by atoms with Crippen molar-refractivity contribution in [2.75, 3.05) is 0 Å². The number of hydrogen-bond donors (Lipinski definition) is 0. The van der Waals surface area contributed by atoms with Crippen LogP contribution in [0, 0.1) is 28.6 Å². The van der Waals surface area contributed by atoms with Crippen molar-refractivity contribution >= 4 is 16.7 Å². The highest BCUT2D eigenvalue weighted by atomic mass is 16.5. The molecule has 4 nitrogen and oxygen atoms in total.